The first-order valence-electron chi connectivity index (χ1n) is 18.5. The summed E-state index contributed by atoms with van der Waals surface area (Å²) in [5.74, 6) is 0. The standard InChI is InChI=1S/C51H32N2OS/c1-3-12-33(13-4-1)35-28-36(32-52-31-35)40-19-11-20-46-50(40)51-43-18-8-7-16-41(43)44(30-47(51)54-46)34-22-24-38(25-23-34)53(37-14-5-2-6-15-37)39-26-27-49-45(29-39)42-17-9-10-21-48(42)55-49/h1-32H. The van der Waals surface area contributed by atoms with Gasteiger partial charge in [-0.2, -0.15) is 0 Å². The van der Waals surface area contributed by atoms with E-state index in [1.54, 1.807) is 0 Å². The van der Waals surface area contributed by atoms with E-state index in [0.29, 0.717) is 0 Å². The summed E-state index contributed by atoms with van der Waals surface area (Å²) in [4.78, 5) is 7.02. The van der Waals surface area contributed by atoms with Crippen LogP contribution in [-0.2, 0) is 0 Å². The summed E-state index contributed by atoms with van der Waals surface area (Å²) < 4.78 is 9.32. The Morgan fingerprint density at radius 3 is 1.89 bits per heavy atom. The Kier molecular flexibility index (Phi) is 7.35. The third-order valence-corrected chi connectivity index (χ3v) is 11.9. The summed E-state index contributed by atoms with van der Waals surface area (Å²) in [6.07, 6.45) is 3.89. The number of hydrogen-bond acceptors (Lipinski definition) is 4. The Labute approximate surface area is 322 Å². The van der Waals surface area contributed by atoms with E-state index in [4.69, 9.17) is 4.42 Å². The maximum Gasteiger partial charge on any atom is 0.136 e. The van der Waals surface area contributed by atoms with Crippen molar-refractivity contribution >= 4 is 81.3 Å². The smallest absolute Gasteiger partial charge is 0.136 e. The summed E-state index contributed by atoms with van der Waals surface area (Å²) in [5.41, 5.74) is 11.8. The van der Waals surface area contributed by atoms with Gasteiger partial charge in [-0.05, 0) is 99.8 Å². The Hall–Kier alpha value is -7.01. The van der Waals surface area contributed by atoms with Crippen molar-refractivity contribution in [3.05, 3.63) is 194 Å². The van der Waals surface area contributed by atoms with Crippen LogP contribution in [0.15, 0.2) is 199 Å². The highest BCUT2D eigenvalue weighted by Crippen LogP contribution is 2.45. The molecule has 0 spiro atoms. The summed E-state index contributed by atoms with van der Waals surface area (Å²) in [5, 5.41) is 7.16. The predicted molar refractivity (Wildman–Crippen MR) is 233 cm³/mol. The first kappa shape index (κ1) is 31.5. The number of anilines is 3. The zero-order valence-electron chi connectivity index (χ0n) is 29.7. The molecular weight excluding hydrogens is 689 g/mol. The molecular formula is C51H32N2OS. The van der Waals surface area contributed by atoms with Crippen molar-refractivity contribution in [2.24, 2.45) is 0 Å². The zero-order chi connectivity index (χ0) is 36.3. The molecule has 0 aliphatic heterocycles. The quantitative estimate of drug-likeness (QED) is 0.171. The molecule has 55 heavy (non-hydrogen) atoms. The molecule has 258 valence electrons. The van der Waals surface area contributed by atoms with E-state index in [1.807, 2.05) is 29.8 Å². The number of para-hydroxylation sites is 1. The minimum Gasteiger partial charge on any atom is -0.456 e. The van der Waals surface area contributed by atoms with E-state index in [9.17, 15) is 0 Å². The number of hydrogen-bond donors (Lipinski definition) is 0. The van der Waals surface area contributed by atoms with Gasteiger partial charge in [-0.3, -0.25) is 4.98 Å². The van der Waals surface area contributed by atoms with Crippen LogP contribution in [0, 0.1) is 0 Å². The predicted octanol–water partition coefficient (Wildman–Crippen LogP) is 15.0. The summed E-state index contributed by atoms with van der Waals surface area (Å²) >= 11 is 1.85. The van der Waals surface area contributed by atoms with Gasteiger partial charge < -0.3 is 9.32 Å². The van der Waals surface area contributed by atoms with E-state index in [2.05, 4.69) is 186 Å². The molecule has 0 aliphatic rings. The van der Waals surface area contributed by atoms with E-state index in [1.165, 1.54) is 30.9 Å². The first-order valence-corrected chi connectivity index (χ1v) is 19.3. The molecule has 8 aromatic carbocycles. The van der Waals surface area contributed by atoms with E-state index < -0.39 is 0 Å². The maximum absolute atomic E-state index is 6.71. The van der Waals surface area contributed by atoms with Crippen LogP contribution in [0.25, 0.3) is 86.3 Å². The Morgan fingerprint density at radius 2 is 1.05 bits per heavy atom. The Balaban J connectivity index is 1.04. The lowest BCUT2D eigenvalue weighted by atomic mass is 9.92. The number of pyridine rings is 1. The van der Waals surface area contributed by atoms with Crippen molar-refractivity contribution in [3.8, 4) is 33.4 Å². The molecule has 0 bridgehead atoms. The number of furan rings is 1. The number of thiophene rings is 1. The Bertz CT molecular complexity index is 3200. The lowest BCUT2D eigenvalue weighted by Crippen LogP contribution is -2.09. The largest absolute Gasteiger partial charge is 0.456 e. The van der Waals surface area contributed by atoms with E-state index in [-0.39, 0.29) is 0 Å². The molecule has 3 aromatic heterocycles. The third-order valence-electron chi connectivity index (χ3n) is 10.7. The van der Waals surface area contributed by atoms with Crippen LogP contribution in [0.2, 0.25) is 0 Å². The molecule has 0 radical (unpaired) electrons. The molecule has 11 rings (SSSR count). The minimum absolute atomic E-state index is 0.865. The summed E-state index contributed by atoms with van der Waals surface area (Å²) in [6.45, 7) is 0. The third kappa shape index (κ3) is 5.30. The fourth-order valence-corrected chi connectivity index (χ4v) is 9.29. The second-order valence-electron chi connectivity index (χ2n) is 13.9. The van der Waals surface area contributed by atoms with Gasteiger partial charge in [0.1, 0.15) is 11.2 Å². The summed E-state index contributed by atoms with van der Waals surface area (Å²) in [6, 6.07) is 65.0. The highest BCUT2D eigenvalue weighted by molar-refractivity contribution is 7.25. The van der Waals surface area contributed by atoms with Gasteiger partial charge in [0.25, 0.3) is 0 Å². The van der Waals surface area contributed by atoms with Crippen LogP contribution in [0.5, 0.6) is 0 Å². The number of nitrogens with zero attached hydrogens (tertiary/aromatic N) is 2. The van der Waals surface area contributed by atoms with Crippen LogP contribution in [0.1, 0.15) is 0 Å². The molecule has 0 aliphatic carbocycles. The van der Waals surface area contributed by atoms with Gasteiger partial charge in [-0.15, -0.1) is 11.3 Å². The van der Waals surface area contributed by atoms with Crippen molar-refractivity contribution < 1.29 is 4.42 Å². The van der Waals surface area contributed by atoms with Crippen molar-refractivity contribution in [1.29, 1.82) is 0 Å². The van der Waals surface area contributed by atoms with Gasteiger partial charge in [-0.1, -0.05) is 115 Å². The van der Waals surface area contributed by atoms with Gasteiger partial charge in [-0.25, -0.2) is 0 Å². The number of aromatic nitrogens is 1. The number of rotatable bonds is 6. The van der Waals surface area contributed by atoms with Gasteiger partial charge in [0, 0.05) is 71.5 Å². The molecule has 0 atom stereocenters. The lowest BCUT2D eigenvalue weighted by molar-refractivity contribution is 0.669. The van der Waals surface area contributed by atoms with Gasteiger partial charge in [0.2, 0.25) is 0 Å². The maximum atomic E-state index is 6.71. The molecule has 0 unspecified atom stereocenters. The van der Waals surface area contributed by atoms with Gasteiger partial charge in [0.05, 0.1) is 0 Å². The normalized spacial score (nSPS) is 11.6. The van der Waals surface area contributed by atoms with Crippen molar-refractivity contribution in [3.63, 3.8) is 0 Å². The average molecular weight is 721 g/mol. The van der Waals surface area contributed by atoms with Gasteiger partial charge in [0.15, 0.2) is 0 Å². The second-order valence-corrected chi connectivity index (χ2v) is 15.0. The molecule has 0 amide bonds. The average Bonchev–Trinajstić information content (AvgIpc) is 3.83. The highest BCUT2D eigenvalue weighted by atomic mass is 32.1. The van der Waals surface area contributed by atoms with Crippen LogP contribution < -0.4 is 4.90 Å². The molecule has 3 nitrogen and oxygen atoms in total. The SMILES string of the molecule is c1ccc(-c2cncc(-c3cccc4oc5cc(-c6ccc(N(c7ccccc7)c7ccc8sc9ccccc9c8c7)cc6)c6ccccc6c5c34)c2)cc1. The molecule has 0 fully saturated rings. The second kappa shape index (κ2) is 12.8. The topological polar surface area (TPSA) is 29.3 Å². The molecule has 0 saturated carbocycles. The number of fused-ring (bicyclic) bond motifs is 8. The van der Waals surface area contributed by atoms with Gasteiger partial charge >= 0.3 is 0 Å². The molecule has 3 heterocycles. The highest BCUT2D eigenvalue weighted by Gasteiger charge is 2.20. The molecule has 0 N–H and O–H groups in total. The molecule has 11 aromatic rings. The summed E-state index contributed by atoms with van der Waals surface area (Å²) in [7, 11) is 0. The van der Waals surface area contributed by atoms with Crippen LogP contribution in [0.4, 0.5) is 17.1 Å². The van der Waals surface area contributed by atoms with E-state index >= 15 is 0 Å². The lowest BCUT2D eigenvalue weighted by Gasteiger charge is -2.26. The van der Waals surface area contributed by atoms with Crippen LogP contribution in [0.3, 0.4) is 0 Å². The fraction of sp³-hybridized carbons (Fsp3) is 0. The fourth-order valence-electron chi connectivity index (χ4n) is 8.20. The Morgan fingerprint density at radius 1 is 0.382 bits per heavy atom. The molecule has 0 saturated heterocycles. The van der Waals surface area contributed by atoms with Crippen LogP contribution in [-0.4, -0.2) is 4.98 Å². The monoisotopic (exact) mass is 720 g/mol. The first-order chi connectivity index (χ1) is 27.3. The molecule has 4 heteroatoms. The minimum atomic E-state index is 0.865. The van der Waals surface area contributed by atoms with E-state index in [0.717, 1.165) is 72.4 Å². The zero-order valence-corrected chi connectivity index (χ0v) is 30.5. The van der Waals surface area contributed by atoms with Crippen molar-refractivity contribution in [1.82, 2.24) is 4.98 Å². The van der Waals surface area contributed by atoms with Crippen molar-refractivity contribution in [2.75, 3.05) is 4.90 Å². The van der Waals surface area contributed by atoms with Crippen molar-refractivity contribution in [2.45, 2.75) is 0 Å². The van der Waals surface area contributed by atoms with Crippen LogP contribution >= 0.6 is 11.3 Å². The number of benzene rings is 8.